The molecule has 2 aromatic carbocycles. The average molecular weight is 303 g/mol. The van der Waals surface area contributed by atoms with Gasteiger partial charge in [0.1, 0.15) is 0 Å². The molecule has 4 rings (SSSR count). The smallest absolute Gasteiger partial charge is 0.276 e. The van der Waals surface area contributed by atoms with Crippen LogP contribution in [0.3, 0.4) is 0 Å². The highest BCUT2D eigenvalue weighted by Crippen LogP contribution is 2.20. The third kappa shape index (κ3) is 2.46. The van der Waals surface area contributed by atoms with Gasteiger partial charge in [-0.2, -0.15) is 10.2 Å². The summed E-state index contributed by atoms with van der Waals surface area (Å²) in [6, 6.07) is 17.0. The van der Waals surface area contributed by atoms with Crippen molar-refractivity contribution in [2.45, 2.75) is 0 Å². The third-order valence-corrected chi connectivity index (χ3v) is 3.64. The molecule has 0 spiro atoms. The van der Waals surface area contributed by atoms with Gasteiger partial charge >= 0.3 is 0 Å². The molecule has 2 heterocycles. The molecule has 0 aliphatic heterocycles. The Bertz CT molecular complexity index is 954. The summed E-state index contributed by atoms with van der Waals surface area (Å²) in [5.41, 5.74) is 3.88. The maximum atomic E-state index is 12.4. The van der Waals surface area contributed by atoms with Crippen LogP contribution >= 0.6 is 0 Å². The van der Waals surface area contributed by atoms with Gasteiger partial charge in [0.15, 0.2) is 5.69 Å². The van der Waals surface area contributed by atoms with Gasteiger partial charge in [-0.1, -0.05) is 30.3 Å². The van der Waals surface area contributed by atoms with Crippen LogP contribution in [0.4, 0.5) is 5.69 Å². The maximum Gasteiger partial charge on any atom is 0.276 e. The molecular weight excluding hydrogens is 290 g/mol. The minimum absolute atomic E-state index is 0.239. The Labute approximate surface area is 131 Å². The molecule has 0 aliphatic rings. The number of H-pyrrole nitrogens is 2. The van der Waals surface area contributed by atoms with Crippen LogP contribution in [0.1, 0.15) is 10.5 Å². The number of anilines is 1. The number of nitrogens with one attached hydrogen (secondary N) is 3. The molecule has 6 nitrogen and oxygen atoms in total. The molecule has 2 aromatic heterocycles. The number of rotatable bonds is 3. The number of hydrogen-bond acceptors (Lipinski definition) is 3. The second-order valence-electron chi connectivity index (χ2n) is 5.12. The second-order valence-corrected chi connectivity index (χ2v) is 5.12. The van der Waals surface area contributed by atoms with E-state index in [0.29, 0.717) is 11.4 Å². The number of aromatic amines is 2. The number of carbonyl (C=O) groups is 1. The Kier molecular flexibility index (Phi) is 3.12. The second kappa shape index (κ2) is 5.42. The summed E-state index contributed by atoms with van der Waals surface area (Å²) >= 11 is 0. The van der Waals surface area contributed by atoms with Crippen LogP contribution in [0.15, 0.2) is 60.8 Å². The van der Waals surface area contributed by atoms with Gasteiger partial charge in [-0.25, -0.2) is 0 Å². The number of fused-ring (bicyclic) bond motifs is 1. The summed E-state index contributed by atoms with van der Waals surface area (Å²) in [5, 5.41) is 17.5. The van der Waals surface area contributed by atoms with Gasteiger partial charge in [-0.05, 0) is 29.8 Å². The summed E-state index contributed by atoms with van der Waals surface area (Å²) in [6.07, 6.45) is 1.70. The van der Waals surface area contributed by atoms with Crippen molar-refractivity contribution in [3.8, 4) is 11.3 Å². The molecule has 112 valence electrons. The first-order valence-corrected chi connectivity index (χ1v) is 7.15. The minimum atomic E-state index is -0.239. The number of carbonyl (C=O) groups excluding carboxylic acids is 1. The summed E-state index contributed by atoms with van der Waals surface area (Å²) < 4.78 is 0. The van der Waals surface area contributed by atoms with E-state index in [0.717, 1.165) is 22.2 Å². The summed E-state index contributed by atoms with van der Waals surface area (Å²) in [6.45, 7) is 0. The largest absolute Gasteiger partial charge is 0.321 e. The van der Waals surface area contributed by atoms with Crippen molar-refractivity contribution in [3.05, 3.63) is 66.5 Å². The lowest BCUT2D eigenvalue weighted by Gasteiger charge is -2.04. The zero-order chi connectivity index (χ0) is 15.6. The number of para-hydroxylation sites is 1. The first-order chi connectivity index (χ1) is 11.3. The monoisotopic (exact) mass is 303 g/mol. The number of benzene rings is 2. The molecular formula is C17H13N5O. The molecule has 0 fully saturated rings. The van der Waals surface area contributed by atoms with Gasteiger partial charge < -0.3 is 5.32 Å². The van der Waals surface area contributed by atoms with Gasteiger partial charge in [0.2, 0.25) is 0 Å². The molecule has 1 amide bonds. The SMILES string of the molecule is O=C(Nc1ccc(-c2ccn[nH]2)cc1)c1n[nH]c2ccccc12. The van der Waals surface area contributed by atoms with Crippen molar-refractivity contribution in [1.29, 1.82) is 0 Å². The van der Waals surface area contributed by atoms with Crippen molar-refractivity contribution in [3.63, 3.8) is 0 Å². The quantitative estimate of drug-likeness (QED) is 0.543. The third-order valence-electron chi connectivity index (χ3n) is 3.64. The number of amides is 1. The van der Waals surface area contributed by atoms with Gasteiger partial charge in [-0.15, -0.1) is 0 Å². The molecule has 3 N–H and O–H groups in total. The Morgan fingerprint density at radius 1 is 0.957 bits per heavy atom. The fourth-order valence-corrected chi connectivity index (χ4v) is 2.48. The number of nitrogens with zero attached hydrogens (tertiary/aromatic N) is 2. The van der Waals surface area contributed by atoms with Gasteiger partial charge in [-0.3, -0.25) is 15.0 Å². The van der Waals surface area contributed by atoms with E-state index in [1.54, 1.807) is 6.20 Å². The van der Waals surface area contributed by atoms with E-state index in [4.69, 9.17) is 0 Å². The Morgan fingerprint density at radius 2 is 1.78 bits per heavy atom. The molecule has 0 radical (unpaired) electrons. The standard InChI is InChI=1S/C17H13N5O/c23-17(16-13-3-1-2-4-15(13)21-22-16)19-12-7-5-11(6-8-12)14-9-10-18-20-14/h1-10H,(H,18,20)(H,19,23)(H,21,22). The predicted octanol–water partition coefficient (Wildman–Crippen LogP) is 3.21. The lowest BCUT2D eigenvalue weighted by Crippen LogP contribution is -2.12. The Morgan fingerprint density at radius 3 is 2.57 bits per heavy atom. The van der Waals surface area contributed by atoms with Crippen LogP contribution in [-0.2, 0) is 0 Å². The minimum Gasteiger partial charge on any atom is -0.321 e. The molecule has 4 aromatic rings. The van der Waals surface area contributed by atoms with E-state index in [-0.39, 0.29) is 5.91 Å². The number of hydrogen-bond donors (Lipinski definition) is 3. The lowest BCUT2D eigenvalue weighted by atomic mass is 10.1. The van der Waals surface area contributed by atoms with Crippen LogP contribution in [-0.4, -0.2) is 26.3 Å². The zero-order valence-corrected chi connectivity index (χ0v) is 12.1. The van der Waals surface area contributed by atoms with Crippen molar-refractivity contribution >= 4 is 22.5 Å². The fourth-order valence-electron chi connectivity index (χ4n) is 2.48. The molecule has 23 heavy (non-hydrogen) atoms. The lowest BCUT2D eigenvalue weighted by molar-refractivity contribution is 0.102. The first-order valence-electron chi connectivity index (χ1n) is 7.15. The molecule has 0 aliphatic carbocycles. The Balaban J connectivity index is 1.57. The summed E-state index contributed by atoms with van der Waals surface area (Å²) in [7, 11) is 0. The van der Waals surface area contributed by atoms with E-state index in [2.05, 4.69) is 25.7 Å². The molecule has 0 saturated carbocycles. The van der Waals surface area contributed by atoms with E-state index < -0.39 is 0 Å². The maximum absolute atomic E-state index is 12.4. The highest BCUT2D eigenvalue weighted by Gasteiger charge is 2.13. The molecule has 6 heteroatoms. The van der Waals surface area contributed by atoms with Crippen LogP contribution in [0, 0.1) is 0 Å². The fraction of sp³-hybridized carbons (Fsp3) is 0. The Hall–Kier alpha value is -3.41. The van der Waals surface area contributed by atoms with Gasteiger partial charge in [0.25, 0.3) is 5.91 Å². The van der Waals surface area contributed by atoms with Crippen LogP contribution in [0.25, 0.3) is 22.2 Å². The van der Waals surface area contributed by atoms with E-state index >= 15 is 0 Å². The normalized spacial score (nSPS) is 10.8. The van der Waals surface area contributed by atoms with Gasteiger partial charge in [0.05, 0.1) is 11.2 Å². The van der Waals surface area contributed by atoms with E-state index in [1.807, 2.05) is 54.6 Å². The topological polar surface area (TPSA) is 86.5 Å². The van der Waals surface area contributed by atoms with E-state index in [1.165, 1.54) is 0 Å². The van der Waals surface area contributed by atoms with Crippen LogP contribution in [0.2, 0.25) is 0 Å². The van der Waals surface area contributed by atoms with E-state index in [9.17, 15) is 4.79 Å². The van der Waals surface area contributed by atoms with Crippen molar-refractivity contribution in [2.75, 3.05) is 5.32 Å². The summed E-state index contributed by atoms with van der Waals surface area (Å²) in [4.78, 5) is 12.4. The van der Waals surface area contributed by atoms with Gasteiger partial charge in [0, 0.05) is 17.3 Å². The molecule has 0 atom stereocenters. The highest BCUT2D eigenvalue weighted by molar-refractivity contribution is 6.11. The first kappa shape index (κ1) is 13.3. The number of aromatic nitrogens is 4. The highest BCUT2D eigenvalue weighted by atomic mass is 16.1. The van der Waals surface area contributed by atoms with Crippen LogP contribution in [0.5, 0.6) is 0 Å². The van der Waals surface area contributed by atoms with Crippen molar-refractivity contribution in [1.82, 2.24) is 20.4 Å². The van der Waals surface area contributed by atoms with Crippen molar-refractivity contribution < 1.29 is 4.79 Å². The average Bonchev–Trinajstić information content (AvgIpc) is 3.25. The zero-order valence-electron chi connectivity index (χ0n) is 12.1. The summed E-state index contributed by atoms with van der Waals surface area (Å²) in [5.74, 6) is -0.239. The molecule has 0 bridgehead atoms. The van der Waals surface area contributed by atoms with Crippen LogP contribution < -0.4 is 5.32 Å². The predicted molar refractivity (Wildman–Crippen MR) is 88.1 cm³/mol. The molecule has 0 saturated heterocycles. The van der Waals surface area contributed by atoms with Crippen molar-refractivity contribution in [2.24, 2.45) is 0 Å². The molecule has 0 unspecified atom stereocenters.